The van der Waals surface area contributed by atoms with Crippen LogP contribution in [0.1, 0.15) is 158 Å². The Hall–Kier alpha value is -7.21. The normalized spacial score (nSPS) is 16.7. The molecule has 5 heterocycles. The van der Waals surface area contributed by atoms with Gasteiger partial charge < -0.3 is 20.9 Å². The van der Waals surface area contributed by atoms with Gasteiger partial charge in [0, 0.05) is 104 Å². The summed E-state index contributed by atoms with van der Waals surface area (Å²) in [6.45, 7) is 18.3. The van der Waals surface area contributed by atoms with Crippen LogP contribution in [-0.2, 0) is 70.1 Å². The molecule has 6 aromatic rings. The molecular formula is C69H88N9O10S3+. The number of aryl methyl sites for hydroxylation is 3. The number of hydrogen-bond donors (Lipinski definition) is 5. The molecule has 5 N–H and O–H groups in total. The van der Waals surface area contributed by atoms with E-state index in [2.05, 4.69) is 70.3 Å². The molecule has 0 fully saturated rings. The average molecular weight is 1300 g/mol. The molecular weight excluding hydrogens is 1210 g/mol. The van der Waals surface area contributed by atoms with Gasteiger partial charge in [0.15, 0.2) is 5.71 Å². The van der Waals surface area contributed by atoms with Gasteiger partial charge in [-0.3, -0.25) is 18.7 Å². The molecule has 0 radical (unpaired) electrons. The Morgan fingerprint density at radius 1 is 0.846 bits per heavy atom. The summed E-state index contributed by atoms with van der Waals surface area (Å²) < 4.78 is 100. The zero-order valence-corrected chi connectivity index (χ0v) is 56.3. The smallest absolute Gasteiger partial charge is 0.294 e. The van der Waals surface area contributed by atoms with Crippen LogP contribution in [0, 0.1) is 6.92 Å². The number of anilines is 2. The highest BCUT2D eigenvalue weighted by Crippen LogP contribution is 2.51. The van der Waals surface area contributed by atoms with Crippen molar-refractivity contribution in [2.75, 3.05) is 49.2 Å². The summed E-state index contributed by atoms with van der Waals surface area (Å²) in [5, 5.41) is 12.1. The van der Waals surface area contributed by atoms with Gasteiger partial charge in [0.25, 0.3) is 20.2 Å². The summed E-state index contributed by atoms with van der Waals surface area (Å²) in [7, 11) is -11.3. The van der Waals surface area contributed by atoms with Gasteiger partial charge in [-0.15, -0.1) is 0 Å². The van der Waals surface area contributed by atoms with Crippen molar-refractivity contribution < 1.29 is 48.5 Å². The van der Waals surface area contributed by atoms with E-state index in [4.69, 9.17) is 4.98 Å². The van der Waals surface area contributed by atoms with Crippen LogP contribution in [0.25, 0.3) is 21.5 Å². The summed E-state index contributed by atoms with van der Waals surface area (Å²) in [5.41, 5.74) is 8.29. The van der Waals surface area contributed by atoms with E-state index < -0.39 is 52.9 Å². The standard InChI is InChI=1S/C69H87N9O10S3/c1-10-37-77-59-35-33-54-55(64(59)68(5,6)61(77)27-16-13-17-28-62-69(7,8)65-56-42-53(91(86,87)88)32-30-49(56)31-34-58(65)78(62)39-21-40-89(81,82)83)24-18-26-60(54)90(84,85)76(9)38-20-29-63(79)74-47(3)67(80)73-43-51-41-50-23-19-36-70-66(50)75-57(51)25-15-12-11-14-22-46(2)52-44-71-48(4)72-45-52/h13,16-18,24,26-28,30-35,41-42,44-47H,10-12,14-15,19-23,25,29,36-40,43H2,1-9H3,(H4-,70,73,74,75,79,80,81,82,83,86,87,88)/p+1/t46-,47?/m1/s1. The van der Waals surface area contributed by atoms with Gasteiger partial charge in [-0.1, -0.05) is 89.5 Å². The number of nitrogens with one attached hydrogen (secondary N) is 3. The second-order valence-electron chi connectivity index (χ2n) is 25.5. The molecule has 2 amide bonds. The number of unbranched alkanes of at least 4 members (excludes halogenated alkanes) is 3. The fourth-order valence-corrected chi connectivity index (χ4v) is 15.6. The molecule has 3 aliphatic heterocycles. The molecule has 0 aliphatic carbocycles. The van der Waals surface area contributed by atoms with Crippen LogP contribution in [0.15, 0.2) is 125 Å². The minimum atomic E-state index is -4.51. The third-order valence-electron chi connectivity index (χ3n) is 18.1. The van der Waals surface area contributed by atoms with E-state index in [-0.39, 0.29) is 60.5 Å². The molecule has 2 aromatic heterocycles. The minimum Gasteiger partial charge on any atom is -0.370 e. The molecule has 1 unspecified atom stereocenters. The molecule has 0 saturated carbocycles. The topological polar surface area (TPSA) is 261 Å². The van der Waals surface area contributed by atoms with Crippen molar-refractivity contribution in [1.82, 2.24) is 29.9 Å². The second-order valence-corrected chi connectivity index (χ2v) is 30.5. The maximum absolute atomic E-state index is 14.5. The van der Waals surface area contributed by atoms with Crippen molar-refractivity contribution in [2.45, 2.75) is 172 Å². The highest BCUT2D eigenvalue weighted by Gasteiger charge is 2.46. The molecule has 3 aliphatic rings. The van der Waals surface area contributed by atoms with E-state index in [1.807, 2.05) is 92.7 Å². The van der Waals surface area contributed by atoms with Crippen LogP contribution in [0.4, 0.5) is 17.2 Å². The molecule has 22 heteroatoms. The van der Waals surface area contributed by atoms with Crippen molar-refractivity contribution in [3.05, 3.63) is 155 Å². The van der Waals surface area contributed by atoms with Crippen LogP contribution in [0.3, 0.4) is 0 Å². The lowest BCUT2D eigenvalue weighted by Gasteiger charge is -2.27. The molecule has 91 heavy (non-hydrogen) atoms. The lowest BCUT2D eigenvalue weighted by Crippen LogP contribution is -2.44. The predicted octanol–water partition coefficient (Wildman–Crippen LogP) is 11.5. The van der Waals surface area contributed by atoms with E-state index in [9.17, 15) is 43.9 Å². The summed E-state index contributed by atoms with van der Waals surface area (Å²) in [5.74, 6) is 0.963. The molecule has 0 spiro atoms. The Bertz CT molecular complexity index is 4220. The number of hydrogen-bond acceptors (Lipinski definition) is 13. The number of pyridine rings is 1. The fraction of sp³-hybridized carbons (Fsp3) is 0.449. The molecule has 0 saturated heterocycles. The summed E-state index contributed by atoms with van der Waals surface area (Å²) >= 11 is 0. The number of rotatable bonds is 28. The number of nitrogens with zero attached hydrogens (tertiary/aromatic N) is 6. The molecule has 9 rings (SSSR count). The first-order chi connectivity index (χ1) is 43.1. The lowest BCUT2D eigenvalue weighted by atomic mass is 9.79. The zero-order chi connectivity index (χ0) is 65.6. The van der Waals surface area contributed by atoms with Gasteiger partial charge in [-0.25, -0.2) is 27.7 Å². The van der Waals surface area contributed by atoms with E-state index in [0.29, 0.717) is 23.2 Å². The summed E-state index contributed by atoms with van der Waals surface area (Å²) in [6.07, 6.45) is 22.8. The first-order valence-corrected chi connectivity index (χ1v) is 36.2. The lowest BCUT2D eigenvalue weighted by molar-refractivity contribution is -0.437. The van der Waals surface area contributed by atoms with E-state index in [0.717, 1.165) is 143 Å². The predicted molar refractivity (Wildman–Crippen MR) is 360 cm³/mol. The largest absolute Gasteiger partial charge is 0.370 e. The first kappa shape index (κ1) is 68.2. The van der Waals surface area contributed by atoms with Crippen molar-refractivity contribution >= 4 is 86.5 Å². The van der Waals surface area contributed by atoms with Gasteiger partial charge in [0.1, 0.15) is 24.2 Å². The van der Waals surface area contributed by atoms with Gasteiger partial charge in [-0.2, -0.15) is 21.4 Å². The quantitative estimate of drug-likeness (QED) is 0.0132. The third-order valence-corrected chi connectivity index (χ3v) is 21.6. The Kier molecular flexibility index (Phi) is 21.2. The Morgan fingerprint density at radius 3 is 2.33 bits per heavy atom. The summed E-state index contributed by atoms with van der Waals surface area (Å²) in [6, 6.07) is 18.8. The second kappa shape index (κ2) is 28.3. The minimum absolute atomic E-state index is 0.0103. The van der Waals surface area contributed by atoms with E-state index in [1.165, 1.54) is 23.5 Å². The Morgan fingerprint density at radius 2 is 1.59 bits per heavy atom. The third kappa shape index (κ3) is 15.5. The average Bonchev–Trinajstić information content (AvgIpc) is 1.56. The number of carbonyl (C=O) groups is 2. The first-order valence-electron chi connectivity index (χ1n) is 31.7. The molecule has 19 nitrogen and oxygen atoms in total. The Labute approximate surface area is 537 Å². The highest BCUT2D eigenvalue weighted by atomic mass is 32.2. The Balaban J connectivity index is 0.821. The number of aromatic nitrogens is 3. The number of sulfonamides is 1. The molecule has 2 atom stereocenters. The SMILES string of the molecule is CCC[N+]1=C(C=CC=CC=C2N(CCCS(=O)(=O)O)c3ccc4ccc(S(=O)(=O)O)cc4c3C2(C)C)C(C)(C)c2c1ccc1c(S(=O)(=O)N(C)CCCC(=O)NC(C)C(=O)NCc3cc4c(nc3CCCCCC[C@@H](C)c3cnc(C)nc3)NCCC4)cccc21. The molecule has 486 valence electrons. The van der Waals surface area contributed by atoms with Gasteiger partial charge in [0.05, 0.1) is 21.0 Å². The van der Waals surface area contributed by atoms with Gasteiger partial charge >= 0.3 is 0 Å². The number of allylic oxidation sites excluding steroid dienone is 6. The van der Waals surface area contributed by atoms with E-state index in [1.54, 1.807) is 25.1 Å². The highest BCUT2D eigenvalue weighted by molar-refractivity contribution is 7.89. The summed E-state index contributed by atoms with van der Waals surface area (Å²) in [4.78, 5) is 42.4. The van der Waals surface area contributed by atoms with Gasteiger partial charge in [0.2, 0.25) is 27.5 Å². The molecule has 4 aromatic carbocycles. The van der Waals surface area contributed by atoms with Crippen molar-refractivity contribution in [3.63, 3.8) is 0 Å². The van der Waals surface area contributed by atoms with Crippen LogP contribution >= 0.6 is 0 Å². The number of benzene rings is 4. The van der Waals surface area contributed by atoms with E-state index >= 15 is 0 Å². The maximum atomic E-state index is 14.5. The monoisotopic (exact) mass is 1300 g/mol. The maximum Gasteiger partial charge on any atom is 0.294 e. The zero-order valence-electron chi connectivity index (χ0n) is 53.8. The van der Waals surface area contributed by atoms with Crippen molar-refractivity contribution in [3.8, 4) is 0 Å². The van der Waals surface area contributed by atoms with Crippen LogP contribution < -0.4 is 20.9 Å². The van der Waals surface area contributed by atoms with Crippen LogP contribution in [0.2, 0.25) is 0 Å². The van der Waals surface area contributed by atoms with Crippen molar-refractivity contribution in [1.29, 1.82) is 0 Å². The van der Waals surface area contributed by atoms with Gasteiger partial charge in [-0.05, 0) is 159 Å². The number of carbonyl (C=O) groups excluding carboxylic acids is 2. The van der Waals surface area contributed by atoms with Crippen molar-refractivity contribution in [2.24, 2.45) is 0 Å². The molecule has 0 bridgehead atoms. The fourth-order valence-electron chi connectivity index (χ4n) is 13.2. The van der Waals surface area contributed by atoms with Crippen LogP contribution in [-0.4, -0.2) is 121 Å². The number of amides is 2. The van der Waals surface area contributed by atoms with Crippen LogP contribution in [0.5, 0.6) is 0 Å². The number of fused-ring (bicyclic) bond motifs is 7.